The molecule has 1 aliphatic rings. The molecule has 1 aliphatic heterocycles. The minimum Gasteiger partial charge on any atom is -0.479 e. The minimum atomic E-state index is -1.17. The number of hydrogen-bond donors (Lipinski definition) is 1. The lowest BCUT2D eigenvalue weighted by Gasteiger charge is -2.24. The van der Waals surface area contributed by atoms with E-state index in [9.17, 15) is 9.59 Å². The molecule has 0 aromatic rings. The summed E-state index contributed by atoms with van der Waals surface area (Å²) in [6.07, 6.45) is 2.92. The first-order valence-corrected chi connectivity index (χ1v) is 3.66. The molecule has 0 radical (unpaired) electrons. The Kier molecular flexibility index (Phi) is 2.23. The molecule has 0 spiro atoms. The molecule has 5 heteroatoms. The van der Waals surface area contributed by atoms with Gasteiger partial charge in [0.1, 0.15) is 0 Å². The van der Waals surface area contributed by atoms with Crippen molar-refractivity contribution in [2.75, 3.05) is 7.05 Å². The molecule has 1 atom stereocenters. The van der Waals surface area contributed by atoms with Gasteiger partial charge in [-0.3, -0.25) is 4.79 Å². The van der Waals surface area contributed by atoms with Crippen molar-refractivity contribution in [2.45, 2.75) is 6.04 Å². The van der Waals surface area contributed by atoms with Crippen LogP contribution in [-0.2, 0) is 9.59 Å². The third-order valence-electron chi connectivity index (χ3n) is 1.59. The van der Waals surface area contributed by atoms with Crippen molar-refractivity contribution in [3.63, 3.8) is 0 Å². The van der Waals surface area contributed by atoms with Gasteiger partial charge < -0.3 is 10.0 Å². The first-order chi connectivity index (χ1) is 5.54. The Labute approximate surface area is 74.5 Å². The fourth-order valence-electron chi connectivity index (χ4n) is 0.960. The highest BCUT2D eigenvalue weighted by atomic mass is 32.1. The Morgan fingerprint density at radius 2 is 2.33 bits per heavy atom. The van der Waals surface area contributed by atoms with Gasteiger partial charge in [0, 0.05) is 13.2 Å². The van der Waals surface area contributed by atoms with Crippen LogP contribution in [0.5, 0.6) is 0 Å². The van der Waals surface area contributed by atoms with Gasteiger partial charge >= 0.3 is 5.97 Å². The first-order valence-electron chi connectivity index (χ1n) is 3.25. The Hall–Kier alpha value is -1.23. The third-order valence-corrected chi connectivity index (χ3v) is 1.93. The van der Waals surface area contributed by atoms with Crippen LogP contribution in [0.1, 0.15) is 0 Å². The maximum atomic E-state index is 11.2. The number of likely N-dealkylation sites (N-methyl/N-ethyl adjacent to an activating group) is 1. The van der Waals surface area contributed by atoms with E-state index in [1.165, 1.54) is 24.2 Å². The summed E-state index contributed by atoms with van der Waals surface area (Å²) in [5.74, 6) is -1.70. The molecule has 1 unspecified atom stereocenters. The van der Waals surface area contributed by atoms with E-state index in [1.54, 1.807) is 0 Å². The summed E-state index contributed by atoms with van der Waals surface area (Å²) in [5, 5.41) is 8.64. The van der Waals surface area contributed by atoms with E-state index in [0.29, 0.717) is 0 Å². The maximum absolute atomic E-state index is 11.2. The molecule has 12 heavy (non-hydrogen) atoms. The van der Waals surface area contributed by atoms with Crippen molar-refractivity contribution < 1.29 is 14.7 Å². The van der Waals surface area contributed by atoms with Gasteiger partial charge in [-0.05, 0) is 6.08 Å². The van der Waals surface area contributed by atoms with Crippen molar-refractivity contribution in [3.8, 4) is 0 Å². The summed E-state index contributed by atoms with van der Waals surface area (Å²) < 4.78 is 0. The second-order valence-corrected chi connectivity index (χ2v) is 2.89. The topological polar surface area (TPSA) is 57.6 Å². The Bertz CT molecular complexity index is 284. The molecule has 0 saturated heterocycles. The van der Waals surface area contributed by atoms with Crippen molar-refractivity contribution in [3.05, 3.63) is 12.3 Å². The number of aliphatic carboxylic acids is 1. The Balaban J connectivity index is 3.00. The van der Waals surface area contributed by atoms with Crippen LogP contribution in [0.2, 0.25) is 0 Å². The summed E-state index contributed by atoms with van der Waals surface area (Å²) in [5.41, 5.74) is 0. The van der Waals surface area contributed by atoms with Crippen molar-refractivity contribution in [2.24, 2.45) is 0 Å². The normalized spacial score (nSPS) is 23.1. The monoisotopic (exact) mass is 185 g/mol. The fraction of sp³-hybridized carbons (Fsp3) is 0.286. The van der Waals surface area contributed by atoms with Gasteiger partial charge in [-0.1, -0.05) is 12.2 Å². The predicted molar refractivity (Wildman–Crippen MR) is 45.9 cm³/mol. The van der Waals surface area contributed by atoms with Crippen LogP contribution in [0.4, 0.5) is 0 Å². The smallest absolute Gasteiger partial charge is 0.334 e. The van der Waals surface area contributed by atoms with E-state index in [2.05, 4.69) is 12.2 Å². The standard InChI is InChI=1S/C7H7NO3S/c1-8-3-2-4(12)6(9)5(8)7(10)11/h2-3,5H,1H3,(H,10,11). The lowest BCUT2D eigenvalue weighted by atomic mass is 10.1. The van der Waals surface area contributed by atoms with Crippen LogP contribution in [0.3, 0.4) is 0 Å². The maximum Gasteiger partial charge on any atom is 0.334 e. The van der Waals surface area contributed by atoms with Gasteiger partial charge in [-0.25, -0.2) is 4.79 Å². The SMILES string of the molecule is CN1C=CC(=S)C(=O)C1C(=O)O. The summed E-state index contributed by atoms with van der Waals surface area (Å²) in [6.45, 7) is 0. The summed E-state index contributed by atoms with van der Waals surface area (Å²) in [7, 11) is 1.52. The lowest BCUT2D eigenvalue weighted by Crippen LogP contribution is -2.46. The van der Waals surface area contributed by atoms with Crippen molar-refractivity contribution in [1.82, 2.24) is 4.90 Å². The van der Waals surface area contributed by atoms with Gasteiger partial charge in [0.05, 0.1) is 4.86 Å². The number of carbonyl (C=O) groups is 2. The van der Waals surface area contributed by atoms with Crippen LogP contribution < -0.4 is 0 Å². The highest BCUT2D eigenvalue weighted by Gasteiger charge is 2.33. The number of hydrogen-bond acceptors (Lipinski definition) is 4. The summed E-state index contributed by atoms with van der Waals surface area (Å²) in [4.78, 5) is 23.1. The van der Waals surface area contributed by atoms with E-state index < -0.39 is 17.8 Å². The molecule has 0 amide bonds. The molecule has 0 bridgehead atoms. The second kappa shape index (κ2) is 3.02. The molecule has 0 saturated carbocycles. The number of carbonyl (C=O) groups excluding carboxylic acids is 1. The zero-order valence-electron chi connectivity index (χ0n) is 6.35. The zero-order chi connectivity index (χ0) is 9.30. The number of allylic oxidation sites excluding steroid dienone is 1. The van der Waals surface area contributed by atoms with Gasteiger partial charge in [0.15, 0.2) is 6.04 Å². The molecule has 0 fully saturated rings. The van der Waals surface area contributed by atoms with Crippen molar-refractivity contribution in [1.29, 1.82) is 0 Å². The lowest BCUT2D eigenvalue weighted by molar-refractivity contribution is -0.144. The number of nitrogens with zero attached hydrogens (tertiary/aromatic N) is 1. The Morgan fingerprint density at radius 1 is 1.75 bits per heavy atom. The number of carboxylic acid groups (broad SMARTS) is 1. The number of ketones is 1. The van der Waals surface area contributed by atoms with Gasteiger partial charge in [-0.15, -0.1) is 0 Å². The molecule has 64 valence electrons. The number of Topliss-reactive ketones (excluding diaryl/α,β-unsaturated/α-hetero) is 1. The van der Waals surface area contributed by atoms with E-state index in [0.717, 1.165) is 0 Å². The molecular weight excluding hydrogens is 178 g/mol. The first kappa shape index (κ1) is 8.86. The number of carboxylic acids is 1. The number of thiocarbonyl (C=S) groups is 1. The van der Waals surface area contributed by atoms with Crippen LogP contribution >= 0.6 is 12.2 Å². The van der Waals surface area contributed by atoms with Gasteiger partial charge in [0.2, 0.25) is 5.78 Å². The van der Waals surface area contributed by atoms with Crippen LogP contribution in [0.15, 0.2) is 12.3 Å². The summed E-state index contributed by atoms with van der Waals surface area (Å²) >= 11 is 4.65. The molecule has 0 aliphatic carbocycles. The largest absolute Gasteiger partial charge is 0.479 e. The van der Waals surface area contributed by atoms with Crippen molar-refractivity contribution >= 4 is 28.8 Å². The third kappa shape index (κ3) is 1.35. The second-order valence-electron chi connectivity index (χ2n) is 2.45. The van der Waals surface area contributed by atoms with Crippen LogP contribution in [-0.4, -0.2) is 39.7 Å². The average Bonchev–Trinajstić information content (AvgIpc) is 1.97. The fourth-order valence-corrected chi connectivity index (χ4v) is 1.13. The number of rotatable bonds is 1. The molecule has 0 aromatic carbocycles. The predicted octanol–water partition coefficient (Wildman–Crippen LogP) is -0.162. The molecule has 0 aromatic heterocycles. The van der Waals surface area contributed by atoms with E-state index in [1.807, 2.05) is 0 Å². The van der Waals surface area contributed by atoms with Gasteiger partial charge in [0.25, 0.3) is 0 Å². The highest BCUT2D eigenvalue weighted by molar-refractivity contribution is 7.82. The molecule has 4 nitrogen and oxygen atoms in total. The van der Waals surface area contributed by atoms with Crippen LogP contribution in [0, 0.1) is 0 Å². The van der Waals surface area contributed by atoms with Crippen LogP contribution in [0.25, 0.3) is 0 Å². The van der Waals surface area contributed by atoms with E-state index in [-0.39, 0.29) is 4.86 Å². The average molecular weight is 185 g/mol. The van der Waals surface area contributed by atoms with E-state index >= 15 is 0 Å². The molecule has 1 heterocycles. The minimum absolute atomic E-state index is 0.0699. The van der Waals surface area contributed by atoms with Gasteiger partial charge in [-0.2, -0.15) is 0 Å². The quantitative estimate of drug-likeness (QED) is 0.454. The summed E-state index contributed by atoms with van der Waals surface area (Å²) in [6, 6.07) is -1.15. The zero-order valence-corrected chi connectivity index (χ0v) is 7.17. The molecule has 1 N–H and O–H groups in total. The molecular formula is C7H7NO3S. The Morgan fingerprint density at radius 3 is 2.75 bits per heavy atom. The molecule has 1 rings (SSSR count). The highest BCUT2D eigenvalue weighted by Crippen LogP contribution is 2.07. The van der Waals surface area contributed by atoms with E-state index in [4.69, 9.17) is 5.11 Å².